The number of nitrogens with zero attached hydrogens (tertiary/aromatic N) is 2. The van der Waals surface area contributed by atoms with E-state index in [9.17, 15) is 12.8 Å². The summed E-state index contributed by atoms with van der Waals surface area (Å²) < 4.78 is 40.1. The number of guanidine groups is 1. The summed E-state index contributed by atoms with van der Waals surface area (Å²) in [5, 5.41) is 3.24. The molecule has 2 rings (SSSR count). The number of aliphatic imine (C=N–C) groups is 1. The minimum Gasteiger partial charge on any atom is -0.357 e. The first kappa shape index (κ1) is 23.8. The lowest BCUT2D eigenvalue weighted by atomic mass is 10.1. The molecular weight excluding hydrogens is 403 g/mol. The van der Waals surface area contributed by atoms with Gasteiger partial charge in [0.15, 0.2) is 5.96 Å². The lowest BCUT2D eigenvalue weighted by Crippen LogP contribution is -2.38. The maximum atomic E-state index is 13.4. The average molecular weight is 435 g/mol. The van der Waals surface area contributed by atoms with Crippen molar-refractivity contribution in [3.05, 3.63) is 71.0 Å². The molecule has 30 heavy (non-hydrogen) atoms. The second-order valence-corrected chi connectivity index (χ2v) is 9.26. The van der Waals surface area contributed by atoms with Gasteiger partial charge in [0.25, 0.3) is 0 Å². The van der Waals surface area contributed by atoms with E-state index in [0.29, 0.717) is 19.6 Å². The Morgan fingerprint density at radius 2 is 1.77 bits per heavy atom. The van der Waals surface area contributed by atoms with E-state index in [2.05, 4.69) is 15.0 Å². The van der Waals surface area contributed by atoms with Crippen molar-refractivity contribution in [3.63, 3.8) is 0 Å². The Labute approximate surface area is 179 Å². The van der Waals surface area contributed by atoms with E-state index < -0.39 is 10.0 Å². The fourth-order valence-electron chi connectivity index (χ4n) is 2.98. The van der Waals surface area contributed by atoms with Gasteiger partial charge in [0, 0.05) is 26.2 Å². The van der Waals surface area contributed by atoms with E-state index in [-0.39, 0.29) is 17.6 Å². The highest BCUT2D eigenvalue weighted by Gasteiger charge is 2.13. The third-order valence-corrected chi connectivity index (χ3v) is 5.76. The summed E-state index contributed by atoms with van der Waals surface area (Å²) >= 11 is 0. The first-order valence-electron chi connectivity index (χ1n) is 10.00. The van der Waals surface area contributed by atoms with Gasteiger partial charge in [-0.1, -0.05) is 36.4 Å². The topological polar surface area (TPSA) is 73.8 Å². The Balaban J connectivity index is 2.03. The summed E-state index contributed by atoms with van der Waals surface area (Å²) in [5.41, 5.74) is 2.57. The van der Waals surface area contributed by atoms with Crippen molar-refractivity contribution in [2.45, 2.75) is 45.7 Å². The number of hydrogen-bond donors (Lipinski definition) is 2. The van der Waals surface area contributed by atoms with Gasteiger partial charge in [-0.3, -0.25) is 0 Å². The summed E-state index contributed by atoms with van der Waals surface area (Å²) in [7, 11) is -1.44. The number of halogens is 1. The molecule has 2 aromatic rings. The van der Waals surface area contributed by atoms with Crippen molar-refractivity contribution in [1.82, 2.24) is 14.9 Å². The van der Waals surface area contributed by atoms with Crippen LogP contribution in [0.4, 0.5) is 4.39 Å². The monoisotopic (exact) mass is 434 g/mol. The van der Waals surface area contributed by atoms with Crippen LogP contribution in [0.1, 0.15) is 37.5 Å². The van der Waals surface area contributed by atoms with Gasteiger partial charge in [0.05, 0.1) is 12.3 Å². The zero-order valence-corrected chi connectivity index (χ0v) is 18.8. The van der Waals surface area contributed by atoms with Gasteiger partial charge >= 0.3 is 0 Å². The Morgan fingerprint density at radius 3 is 2.37 bits per heavy atom. The van der Waals surface area contributed by atoms with E-state index in [1.165, 1.54) is 12.1 Å². The van der Waals surface area contributed by atoms with Crippen molar-refractivity contribution in [3.8, 4) is 0 Å². The molecule has 0 aliphatic rings. The molecule has 2 aromatic carbocycles. The van der Waals surface area contributed by atoms with Crippen LogP contribution in [-0.2, 0) is 28.9 Å². The largest absolute Gasteiger partial charge is 0.357 e. The molecule has 0 aliphatic heterocycles. The first-order chi connectivity index (χ1) is 14.2. The fourth-order valence-corrected chi connectivity index (χ4v) is 4.41. The van der Waals surface area contributed by atoms with Crippen LogP contribution < -0.4 is 10.0 Å². The Bertz CT molecular complexity index is 944. The second kappa shape index (κ2) is 11.1. The molecule has 8 heteroatoms. The molecule has 6 nitrogen and oxygen atoms in total. The minimum absolute atomic E-state index is 0.0479. The van der Waals surface area contributed by atoms with Crippen LogP contribution in [0.25, 0.3) is 0 Å². The van der Waals surface area contributed by atoms with Gasteiger partial charge in [-0.25, -0.2) is 22.5 Å². The highest BCUT2D eigenvalue weighted by atomic mass is 32.2. The molecule has 2 N–H and O–H groups in total. The normalized spacial score (nSPS) is 12.3. The number of sulfonamides is 1. The molecule has 0 fully saturated rings. The van der Waals surface area contributed by atoms with Crippen LogP contribution in [-0.4, -0.2) is 38.9 Å². The molecular formula is C22H31FN4O2S. The van der Waals surface area contributed by atoms with Crippen molar-refractivity contribution in [2.24, 2.45) is 4.99 Å². The molecule has 0 unspecified atom stereocenters. The van der Waals surface area contributed by atoms with E-state index in [1.807, 2.05) is 49.2 Å². The number of hydrogen-bond acceptors (Lipinski definition) is 3. The van der Waals surface area contributed by atoms with E-state index >= 15 is 0 Å². The van der Waals surface area contributed by atoms with Crippen LogP contribution in [0.5, 0.6) is 0 Å². The lowest BCUT2D eigenvalue weighted by molar-refractivity contribution is 0.475. The Kier molecular flexibility index (Phi) is 8.80. The molecule has 0 atom stereocenters. The van der Waals surface area contributed by atoms with Crippen LogP contribution in [0.3, 0.4) is 0 Å². The molecule has 164 valence electrons. The molecule has 0 spiro atoms. The van der Waals surface area contributed by atoms with Crippen LogP contribution in [0.2, 0.25) is 0 Å². The van der Waals surface area contributed by atoms with Gasteiger partial charge in [-0.05, 0) is 49.6 Å². The third-order valence-electron chi connectivity index (χ3n) is 4.21. The third kappa shape index (κ3) is 8.12. The zero-order valence-electron chi connectivity index (χ0n) is 18.0. The molecule has 0 aromatic heterocycles. The van der Waals surface area contributed by atoms with Crippen molar-refractivity contribution in [1.29, 1.82) is 0 Å². The number of nitrogens with one attached hydrogen (secondary N) is 2. The van der Waals surface area contributed by atoms with Crippen molar-refractivity contribution in [2.75, 3.05) is 13.6 Å². The summed E-state index contributed by atoms with van der Waals surface area (Å²) in [4.78, 5) is 6.59. The fraction of sp³-hybridized carbons (Fsp3) is 0.409. The van der Waals surface area contributed by atoms with Crippen molar-refractivity contribution < 1.29 is 12.8 Å². The molecule has 0 saturated heterocycles. The van der Waals surface area contributed by atoms with Crippen LogP contribution >= 0.6 is 0 Å². The van der Waals surface area contributed by atoms with Crippen LogP contribution in [0, 0.1) is 5.82 Å². The first-order valence-corrected chi connectivity index (χ1v) is 11.7. The zero-order chi connectivity index (χ0) is 22.1. The smallest absolute Gasteiger partial charge is 0.216 e. The lowest BCUT2D eigenvalue weighted by Gasteiger charge is -2.22. The summed E-state index contributed by atoms with van der Waals surface area (Å²) in [6, 6.07) is 13.8. The molecule has 0 heterocycles. The maximum Gasteiger partial charge on any atom is 0.216 e. The Morgan fingerprint density at radius 1 is 1.10 bits per heavy atom. The average Bonchev–Trinajstić information content (AvgIpc) is 2.65. The predicted molar refractivity (Wildman–Crippen MR) is 120 cm³/mol. The van der Waals surface area contributed by atoms with E-state index in [1.54, 1.807) is 19.9 Å². The second-order valence-electron chi connectivity index (χ2n) is 7.50. The van der Waals surface area contributed by atoms with Crippen molar-refractivity contribution >= 4 is 16.0 Å². The quantitative estimate of drug-likeness (QED) is 0.469. The number of rotatable bonds is 9. The summed E-state index contributed by atoms with van der Waals surface area (Å²) in [5.74, 6) is 0.413. The molecule has 0 amide bonds. The maximum absolute atomic E-state index is 13.4. The van der Waals surface area contributed by atoms with Gasteiger partial charge in [0.2, 0.25) is 10.0 Å². The van der Waals surface area contributed by atoms with Gasteiger partial charge in [0.1, 0.15) is 5.82 Å². The molecule has 0 bridgehead atoms. The van der Waals surface area contributed by atoms with Gasteiger partial charge in [-0.2, -0.15) is 0 Å². The van der Waals surface area contributed by atoms with Gasteiger partial charge < -0.3 is 10.2 Å². The Hall–Kier alpha value is -2.45. The molecule has 0 saturated carbocycles. The standard InChI is InChI=1S/C22H31FN4O2S/c1-5-24-22(27(4)15-20-7-6-8-21(23)13-20)25-14-18-9-11-19(12-10-18)16-30(28,29)26-17(2)3/h6-13,17,26H,5,14-16H2,1-4H3,(H,24,25). The minimum atomic E-state index is -3.34. The van der Waals surface area contributed by atoms with Gasteiger partial charge in [-0.15, -0.1) is 0 Å². The van der Waals surface area contributed by atoms with E-state index in [4.69, 9.17) is 0 Å². The summed E-state index contributed by atoms with van der Waals surface area (Å²) in [6.07, 6.45) is 0. The highest BCUT2D eigenvalue weighted by Crippen LogP contribution is 2.10. The van der Waals surface area contributed by atoms with Crippen LogP contribution in [0.15, 0.2) is 53.5 Å². The highest BCUT2D eigenvalue weighted by molar-refractivity contribution is 7.88. The molecule has 0 radical (unpaired) electrons. The van der Waals surface area contributed by atoms with E-state index in [0.717, 1.165) is 22.6 Å². The predicted octanol–water partition coefficient (Wildman–Crippen LogP) is 3.25. The number of benzene rings is 2. The summed E-state index contributed by atoms with van der Waals surface area (Å²) in [6.45, 7) is 7.28. The SMILES string of the molecule is CCNC(=NCc1ccc(CS(=O)(=O)NC(C)C)cc1)N(C)Cc1cccc(F)c1. The molecule has 0 aliphatic carbocycles.